The quantitative estimate of drug-likeness (QED) is 0.391. The first-order valence-corrected chi connectivity index (χ1v) is 10.6. The predicted octanol–water partition coefficient (Wildman–Crippen LogP) is 3.37. The highest BCUT2D eigenvalue weighted by Gasteiger charge is 2.29. The first kappa shape index (κ1) is 22.7. The van der Waals surface area contributed by atoms with E-state index >= 15 is 0 Å². The number of aromatic carboxylic acids is 1. The molecule has 0 bridgehead atoms. The molecule has 1 heterocycles. The molecule has 8 nitrogen and oxygen atoms in total. The summed E-state index contributed by atoms with van der Waals surface area (Å²) < 4.78 is 5.39. The van der Waals surface area contributed by atoms with Gasteiger partial charge in [-0.25, -0.2) is 14.6 Å². The first-order chi connectivity index (χ1) is 15.9. The number of aromatic nitrogens is 1. The van der Waals surface area contributed by atoms with Crippen molar-refractivity contribution in [2.75, 3.05) is 13.2 Å². The third kappa shape index (κ3) is 4.68. The van der Waals surface area contributed by atoms with Crippen molar-refractivity contribution in [2.24, 2.45) is 0 Å². The van der Waals surface area contributed by atoms with Gasteiger partial charge in [-0.3, -0.25) is 0 Å². The van der Waals surface area contributed by atoms with E-state index in [-0.39, 0.29) is 29.8 Å². The minimum atomic E-state index is -1.60. The van der Waals surface area contributed by atoms with Gasteiger partial charge in [0.05, 0.1) is 0 Å². The number of rotatable bonds is 7. The molecule has 2 atom stereocenters. The van der Waals surface area contributed by atoms with Crippen molar-refractivity contribution in [1.29, 1.82) is 0 Å². The van der Waals surface area contributed by atoms with Crippen molar-refractivity contribution < 1.29 is 29.6 Å². The predicted molar refractivity (Wildman–Crippen MR) is 120 cm³/mol. The minimum Gasteiger partial charge on any atom is -0.476 e. The fraction of sp³-hybridized carbons (Fsp3) is 0.208. The lowest BCUT2D eigenvalue weighted by Gasteiger charge is -2.20. The number of pyridine rings is 1. The number of benzene rings is 2. The molecular formula is C24H21ClN2O6. The summed E-state index contributed by atoms with van der Waals surface area (Å²) in [6.45, 7) is -0.262. The summed E-state index contributed by atoms with van der Waals surface area (Å²) in [5.74, 6) is -1.51. The maximum atomic E-state index is 12.3. The van der Waals surface area contributed by atoms with Crippen LogP contribution in [-0.2, 0) is 4.74 Å². The van der Waals surface area contributed by atoms with Crippen LogP contribution in [0.5, 0.6) is 0 Å². The molecule has 1 aromatic heterocycles. The van der Waals surface area contributed by atoms with E-state index in [1.54, 1.807) is 0 Å². The van der Waals surface area contributed by atoms with Gasteiger partial charge in [-0.1, -0.05) is 66.2 Å². The highest BCUT2D eigenvalue weighted by Crippen LogP contribution is 2.44. The van der Waals surface area contributed by atoms with Crippen LogP contribution >= 0.6 is 11.6 Å². The second-order valence-corrected chi connectivity index (χ2v) is 7.98. The Kier molecular flexibility index (Phi) is 6.60. The van der Waals surface area contributed by atoms with Crippen molar-refractivity contribution >= 4 is 23.7 Å². The van der Waals surface area contributed by atoms with E-state index in [4.69, 9.17) is 16.3 Å². The van der Waals surface area contributed by atoms with Crippen molar-refractivity contribution in [2.45, 2.75) is 18.1 Å². The standard InChI is InChI=1S/C24H21ClN2O6/c25-20-10-9-17(21(27-20)23(30)31)22(29)19(28)11-26-24(32)33-12-18-15-7-3-1-5-13(15)14-6-2-4-8-16(14)18/h1-10,18-19,22,28-29H,11-12H2,(H,26,32)(H,30,31). The van der Waals surface area contributed by atoms with Crippen molar-refractivity contribution in [1.82, 2.24) is 10.3 Å². The van der Waals surface area contributed by atoms with E-state index in [0.717, 1.165) is 22.3 Å². The molecule has 1 amide bonds. The summed E-state index contributed by atoms with van der Waals surface area (Å²) in [6.07, 6.45) is -3.86. The molecule has 0 radical (unpaired) electrons. The van der Waals surface area contributed by atoms with E-state index in [1.165, 1.54) is 12.1 Å². The van der Waals surface area contributed by atoms with Gasteiger partial charge in [0.1, 0.15) is 24.0 Å². The fourth-order valence-electron chi connectivity index (χ4n) is 4.01. The number of amides is 1. The number of hydrogen-bond donors (Lipinski definition) is 4. The smallest absolute Gasteiger partial charge is 0.407 e. The second kappa shape index (κ2) is 9.58. The Hall–Kier alpha value is -3.46. The SMILES string of the molecule is O=C(NCC(O)C(O)c1ccc(Cl)nc1C(=O)O)OCC1c2ccccc2-c2ccccc21. The molecule has 0 fully saturated rings. The molecule has 3 aromatic rings. The Bertz CT molecular complexity index is 1160. The van der Waals surface area contributed by atoms with Crippen LogP contribution in [0.1, 0.15) is 39.2 Å². The van der Waals surface area contributed by atoms with Crippen molar-refractivity contribution in [3.63, 3.8) is 0 Å². The van der Waals surface area contributed by atoms with Gasteiger partial charge >= 0.3 is 12.1 Å². The van der Waals surface area contributed by atoms with Gasteiger partial charge in [0.15, 0.2) is 5.69 Å². The Morgan fingerprint density at radius 2 is 1.61 bits per heavy atom. The van der Waals surface area contributed by atoms with Crippen LogP contribution in [0.2, 0.25) is 5.15 Å². The summed E-state index contributed by atoms with van der Waals surface area (Å²) in [5.41, 5.74) is 3.75. The Labute approximate surface area is 194 Å². The molecule has 2 unspecified atom stereocenters. The molecule has 0 saturated carbocycles. The number of alkyl carbamates (subject to hydrolysis) is 1. The van der Waals surface area contributed by atoms with Crippen LogP contribution in [0, 0.1) is 0 Å². The topological polar surface area (TPSA) is 129 Å². The number of carbonyl (C=O) groups is 2. The van der Waals surface area contributed by atoms with Gasteiger partial charge in [0.25, 0.3) is 0 Å². The van der Waals surface area contributed by atoms with Crippen LogP contribution < -0.4 is 5.32 Å². The number of hydrogen-bond acceptors (Lipinski definition) is 6. The largest absolute Gasteiger partial charge is 0.476 e. The number of nitrogens with one attached hydrogen (secondary N) is 1. The number of fused-ring (bicyclic) bond motifs is 3. The van der Waals surface area contributed by atoms with E-state index in [2.05, 4.69) is 10.3 Å². The summed E-state index contributed by atoms with van der Waals surface area (Å²) in [6, 6.07) is 18.4. The molecule has 0 aliphatic heterocycles. The zero-order chi connectivity index (χ0) is 23.5. The lowest BCUT2D eigenvalue weighted by Crippen LogP contribution is -2.36. The van der Waals surface area contributed by atoms with Crippen molar-refractivity contribution in [3.05, 3.63) is 88.2 Å². The highest BCUT2D eigenvalue weighted by atomic mass is 35.5. The monoisotopic (exact) mass is 468 g/mol. The highest BCUT2D eigenvalue weighted by molar-refractivity contribution is 6.29. The molecule has 0 spiro atoms. The molecule has 4 N–H and O–H groups in total. The molecule has 4 rings (SSSR count). The number of halogens is 1. The molecule has 33 heavy (non-hydrogen) atoms. The zero-order valence-electron chi connectivity index (χ0n) is 17.3. The molecule has 1 aliphatic carbocycles. The minimum absolute atomic E-state index is 0.0606. The van der Waals surface area contributed by atoms with Gasteiger partial charge in [-0.2, -0.15) is 0 Å². The van der Waals surface area contributed by atoms with Crippen LogP contribution in [-0.4, -0.2) is 51.6 Å². The van der Waals surface area contributed by atoms with Gasteiger partial charge < -0.3 is 25.4 Å². The van der Waals surface area contributed by atoms with Crippen LogP contribution in [0.15, 0.2) is 60.7 Å². The van der Waals surface area contributed by atoms with Gasteiger partial charge in [0.2, 0.25) is 0 Å². The average molecular weight is 469 g/mol. The third-order valence-electron chi connectivity index (χ3n) is 5.58. The van der Waals surface area contributed by atoms with Crippen LogP contribution in [0.4, 0.5) is 4.79 Å². The summed E-state index contributed by atoms with van der Waals surface area (Å²) in [7, 11) is 0. The lowest BCUT2D eigenvalue weighted by molar-refractivity contribution is 0.0172. The Morgan fingerprint density at radius 1 is 1.00 bits per heavy atom. The van der Waals surface area contributed by atoms with Crippen molar-refractivity contribution in [3.8, 4) is 11.1 Å². The lowest BCUT2D eigenvalue weighted by atomic mass is 9.98. The number of nitrogens with zero attached hydrogens (tertiary/aromatic N) is 1. The van der Waals surface area contributed by atoms with E-state index in [1.807, 2.05) is 48.5 Å². The number of carboxylic acid groups (broad SMARTS) is 1. The summed E-state index contributed by atoms with van der Waals surface area (Å²) in [4.78, 5) is 27.3. The van der Waals surface area contributed by atoms with E-state index < -0.39 is 30.0 Å². The normalized spacial score (nSPS) is 14.2. The molecule has 170 valence electrons. The van der Waals surface area contributed by atoms with Gasteiger partial charge in [-0.05, 0) is 28.3 Å². The summed E-state index contributed by atoms with van der Waals surface area (Å²) in [5, 5.41) is 32.2. The maximum Gasteiger partial charge on any atom is 0.407 e. The van der Waals surface area contributed by atoms with Gasteiger partial charge in [-0.15, -0.1) is 0 Å². The molecule has 0 saturated heterocycles. The molecule has 1 aliphatic rings. The Balaban J connectivity index is 1.36. The number of carbonyl (C=O) groups excluding carboxylic acids is 1. The van der Waals surface area contributed by atoms with Crippen LogP contribution in [0.3, 0.4) is 0 Å². The third-order valence-corrected chi connectivity index (χ3v) is 5.79. The number of aliphatic hydroxyl groups is 2. The summed E-state index contributed by atoms with van der Waals surface area (Å²) >= 11 is 5.71. The number of carboxylic acids is 1. The maximum absolute atomic E-state index is 12.3. The fourth-order valence-corrected chi connectivity index (χ4v) is 4.16. The molecule has 2 aromatic carbocycles. The number of aliphatic hydroxyl groups excluding tert-OH is 2. The average Bonchev–Trinajstić information content (AvgIpc) is 3.14. The first-order valence-electron chi connectivity index (χ1n) is 10.2. The zero-order valence-corrected chi connectivity index (χ0v) is 18.1. The second-order valence-electron chi connectivity index (χ2n) is 7.60. The Morgan fingerprint density at radius 3 is 2.21 bits per heavy atom. The van der Waals surface area contributed by atoms with E-state index in [0.29, 0.717) is 0 Å². The molecular weight excluding hydrogens is 448 g/mol. The van der Waals surface area contributed by atoms with Gasteiger partial charge in [0, 0.05) is 18.0 Å². The van der Waals surface area contributed by atoms with E-state index in [9.17, 15) is 24.9 Å². The van der Waals surface area contributed by atoms with Crippen LogP contribution in [0.25, 0.3) is 11.1 Å². The molecule has 9 heteroatoms. The number of ether oxygens (including phenoxy) is 1.